The van der Waals surface area contributed by atoms with E-state index in [0.29, 0.717) is 23.2 Å². The van der Waals surface area contributed by atoms with Crippen LogP contribution in [0.25, 0.3) is 10.8 Å². The van der Waals surface area contributed by atoms with E-state index in [1.54, 1.807) is 45.0 Å². The van der Waals surface area contributed by atoms with Gasteiger partial charge in [0, 0.05) is 17.8 Å². The van der Waals surface area contributed by atoms with Crippen molar-refractivity contribution in [2.75, 3.05) is 18.5 Å². The third kappa shape index (κ3) is 9.85. The molecule has 0 saturated carbocycles. The van der Waals surface area contributed by atoms with Gasteiger partial charge in [-0.05, 0) is 61.7 Å². The Hall–Kier alpha value is -4.35. The van der Waals surface area contributed by atoms with Crippen LogP contribution in [0, 0.1) is 12.3 Å². The molecule has 8 nitrogen and oxygen atoms in total. The van der Waals surface area contributed by atoms with Crippen molar-refractivity contribution in [3.63, 3.8) is 0 Å². The first-order valence-electron chi connectivity index (χ1n) is 15.3. The molecular weight excluding hydrogens is 554 g/mol. The van der Waals surface area contributed by atoms with Gasteiger partial charge in [0.2, 0.25) is 5.91 Å². The second kappa shape index (κ2) is 16.5. The molecule has 0 radical (unpaired) electrons. The number of carbonyl (C=O) groups excluding carboxylic acids is 3. The average molecular weight is 600 g/mol. The third-order valence-corrected chi connectivity index (χ3v) is 7.20. The lowest BCUT2D eigenvalue weighted by Crippen LogP contribution is -2.54. The highest BCUT2D eigenvalue weighted by Crippen LogP contribution is 2.29. The molecule has 0 saturated heterocycles. The molecule has 0 aliphatic heterocycles. The molecule has 0 spiro atoms. The van der Waals surface area contributed by atoms with Gasteiger partial charge < -0.3 is 25.4 Å². The number of ether oxygens (including phenoxy) is 1. The number of anilines is 1. The summed E-state index contributed by atoms with van der Waals surface area (Å²) in [7, 11) is 0. The molecule has 44 heavy (non-hydrogen) atoms. The van der Waals surface area contributed by atoms with E-state index in [9.17, 15) is 19.5 Å². The van der Waals surface area contributed by atoms with E-state index >= 15 is 0 Å². The van der Waals surface area contributed by atoms with Crippen LogP contribution in [0.15, 0.2) is 66.7 Å². The highest BCUT2D eigenvalue weighted by atomic mass is 16.6. The number of alkyl carbamates (subject to hydrolysis) is 1. The third-order valence-electron chi connectivity index (χ3n) is 7.20. The maximum atomic E-state index is 14.2. The summed E-state index contributed by atoms with van der Waals surface area (Å²) in [6, 6.07) is 17.9. The number of benzene rings is 3. The van der Waals surface area contributed by atoms with Gasteiger partial charge >= 0.3 is 6.09 Å². The minimum atomic E-state index is -1.33. The summed E-state index contributed by atoms with van der Waals surface area (Å²) in [6.07, 6.45) is 10.8. The zero-order chi connectivity index (χ0) is 32.1. The monoisotopic (exact) mass is 599 g/mol. The van der Waals surface area contributed by atoms with Crippen LogP contribution in [-0.2, 0) is 14.3 Å². The second-order valence-electron chi connectivity index (χ2n) is 11.9. The van der Waals surface area contributed by atoms with Crippen molar-refractivity contribution in [3.8, 4) is 12.3 Å². The highest BCUT2D eigenvalue weighted by molar-refractivity contribution is 6.00. The fraction of sp³-hybridized carbons (Fsp3) is 0.417. The summed E-state index contributed by atoms with van der Waals surface area (Å²) in [6.45, 7) is 6.80. The van der Waals surface area contributed by atoms with Crippen LogP contribution >= 0.6 is 0 Å². The smallest absolute Gasteiger partial charge is 0.408 e. The topological polar surface area (TPSA) is 108 Å². The van der Waals surface area contributed by atoms with Crippen molar-refractivity contribution in [2.45, 2.75) is 83.9 Å². The van der Waals surface area contributed by atoms with Crippen molar-refractivity contribution in [3.05, 3.63) is 77.9 Å². The van der Waals surface area contributed by atoms with Crippen molar-refractivity contribution in [1.82, 2.24) is 10.2 Å². The number of rotatable bonds is 14. The maximum absolute atomic E-state index is 14.2. The van der Waals surface area contributed by atoms with Gasteiger partial charge in [0.1, 0.15) is 17.7 Å². The van der Waals surface area contributed by atoms with Crippen LogP contribution in [0.3, 0.4) is 0 Å². The molecule has 234 valence electrons. The lowest BCUT2D eigenvalue weighted by Gasteiger charge is -2.34. The predicted octanol–water partition coefficient (Wildman–Crippen LogP) is 6.58. The first-order valence-corrected chi connectivity index (χ1v) is 15.3. The standard InChI is InChI=1S/C36H45N3O5/c1-6-8-9-10-11-16-23-39(34(42)31(25-40)38-35(43)44-36(3,4)5)32(30-20-15-14-17-26(30)7-2)33(41)37-29-22-21-27-18-12-13-19-28(27)24-29/h2,12-15,17-22,24,31-32,40H,6,8-11,16,23,25H2,1,3-5H3,(H,37,41)(H,38,43). The van der Waals surface area contributed by atoms with Gasteiger partial charge in [0.25, 0.3) is 5.91 Å². The lowest BCUT2D eigenvalue weighted by molar-refractivity contribution is -0.141. The molecule has 3 aromatic carbocycles. The number of nitrogens with zero attached hydrogens (tertiary/aromatic N) is 1. The Kier molecular flexibility index (Phi) is 12.8. The Labute approximate surface area is 261 Å². The zero-order valence-electron chi connectivity index (χ0n) is 26.3. The van der Waals surface area contributed by atoms with Crippen molar-refractivity contribution in [1.29, 1.82) is 0 Å². The van der Waals surface area contributed by atoms with Gasteiger partial charge in [-0.1, -0.05) is 93.5 Å². The number of terminal acetylenes is 1. The molecule has 0 aromatic heterocycles. The van der Waals surface area contributed by atoms with Crippen LogP contribution in [-0.4, -0.2) is 52.7 Å². The normalized spacial score (nSPS) is 12.5. The Bertz CT molecular complexity index is 1460. The van der Waals surface area contributed by atoms with Crippen LogP contribution in [0.5, 0.6) is 0 Å². The number of fused-ring (bicyclic) bond motifs is 1. The number of aliphatic hydroxyl groups excluding tert-OH is 1. The summed E-state index contributed by atoms with van der Waals surface area (Å²) in [4.78, 5) is 42.4. The number of hydrogen-bond acceptors (Lipinski definition) is 5. The molecule has 0 aliphatic carbocycles. The van der Waals surface area contributed by atoms with Gasteiger partial charge in [-0.15, -0.1) is 6.42 Å². The molecule has 3 rings (SSSR count). The first-order chi connectivity index (χ1) is 21.1. The zero-order valence-corrected chi connectivity index (χ0v) is 26.3. The van der Waals surface area contributed by atoms with E-state index in [1.165, 1.54) is 4.90 Å². The quantitative estimate of drug-likeness (QED) is 0.143. The fourth-order valence-electron chi connectivity index (χ4n) is 5.06. The Morgan fingerprint density at radius 1 is 0.932 bits per heavy atom. The van der Waals surface area contributed by atoms with Crippen molar-refractivity contribution >= 4 is 34.4 Å². The largest absolute Gasteiger partial charge is 0.444 e. The fourth-order valence-corrected chi connectivity index (χ4v) is 5.06. The van der Waals surface area contributed by atoms with E-state index in [0.717, 1.165) is 42.9 Å². The number of carbonyl (C=O) groups is 3. The molecule has 3 aromatic rings. The number of aliphatic hydroxyl groups is 1. The van der Waals surface area contributed by atoms with Crippen LogP contribution in [0.4, 0.5) is 10.5 Å². The predicted molar refractivity (Wildman–Crippen MR) is 175 cm³/mol. The van der Waals surface area contributed by atoms with E-state index in [2.05, 4.69) is 23.5 Å². The maximum Gasteiger partial charge on any atom is 0.408 e. The molecule has 0 heterocycles. The van der Waals surface area contributed by atoms with Gasteiger partial charge in [-0.2, -0.15) is 0 Å². The minimum absolute atomic E-state index is 0.214. The SMILES string of the molecule is C#Cc1ccccc1C(C(=O)Nc1ccc2ccccc2c1)N(CCCCCCCC)C(=O)C(CO)NC(=O)OC(C)(C)C. The van der Waals surface area contributed by atoms with E-state index in [1.807, 2.05) is 42.5 Å². The summed E-state index contributed by atoms with van der Waals surface area (Å²) in [5, 5.41) is 17.7. The first kappa shape index (κ1) is 34.1. The molecule has 2 atom stereocenters. The van der Waals surface area contributed by atoms with Crippen LogP contribution < -0.4 is 10.6 Å². The number of unbranched alkanes of at least 4 members (excludes halogenated alkanes) is 5. The lowest BCUT2D eigenvalue weighted by atomic mass is 9.97. The molecular formula is C36H45N3O5. The second-order valence-corrected chi connectivity index (χ2v) is 11.9. The minimum Gasteiger partial charge on any atom is -0.444 e. The molecule has 0 aliphatic rings. The molecule has 3 N–H and O–H groups in total. The Balaban J connectivity index is 2.01. The molecule has 2 unspecified atom stereocenters. The number of hydrogen-bond donors (Lipinski definition) is 3. The van der Waals surface area contributed by atoms with Crippen molar-refractivity contribution < 1.29 is 24.2 Å². The van der Waals surface area contributed by atoms with E-state index in [4.69, 9.17) is 11.2 Å². The van der Waals surface area contributed by atoms with Crippen LogP contribution in [0.2, 0.25) is 0 Å². The van der Waals surface area contributed by atoms with Gasteiger partial charge in [0.15, 0.2) is 0 Å². The molecule has 3 amide bonds. The summed E-state index contributed by atoms with van der Waals surface area (Å²) >= 11 is 0. The Morgan fingerprint density at radius 3 is 2.27 bits per heavy atom. The van der Waals surface area contributed by atoms with Crippen molar-refractivity contribution in [2.24, 2.45) is 0 Å². The Morgan fingerprint density at radius 2 is 1.59 bits per heavy atom. The van der Waals surface area contributed by atoms with Gasteiger partial charge in [0.05, 0.1) is 6.61 Å². The van der Waals surface area contributed by atoms with Gasteiger partial charge in [-0.25, -0.2) is 4.79 Å². The summed E-state index contributed by atoms with van der Waals surface area (Å²) < 4.78 is 5.34. The highest BCUT2D eigenvalue weighted by Gasteiger charge is 2.37. The van der Waals surface area contributed by atoms with Crippen LogP contribution in [0.1, 0.15) is 83.4 Å². The summed E-state index contributed by atoms with van der Waals surface area (Å²) in [5.41, 5.74) is 0.697. The van der Waals surface area contributed by atoms with E-state index in [-0.39, 0.29) is 6.54 Å². The number of nitrogens with one attached hydrogen (secondary N) is 2. The molecule has 0 bridgehead atoms. The van der Waals surface area contributed by atoms with E-state index < -0.39 is 42.2 Å². The molecule has 0 fully saturated rings. The molecule has 8 heteroatoms. The van der Waals surface area contributed by atoms with Gasteiger partial charge in [-0.3, -0.25) is 9.59 Å². The number of amides is 3. The average Bonchev–Trinajstić information content (AvgIpc) is 2.99. The summed E-state index contributed by atoms with van der Waals surface area (Å²) in [5.74, 6) is 1.57.